The molecule has 1 atom stereocenters. The van der Waals surface area contributed by atoms with Crippen molar-refractivity contribution < 1.29 is 14.7 Å². The zero-order valence-corrected chi connectivity index (χ0v) is 14.6. The van der Waals surface area contributed by atoms with Gasteiger partial charge in [-0.2, -0.15) is 5.10 Å². The van der Waals surface area contributed by atoms with Crippen molar-refractivity contribution in [2.24, 2.45) is 5.10 Å². The fourth-order valence-corrected chi connectivity index (χ4v) is 2.75. The Kier molecular flexibility index (Phi) is 4.63. The van der Waals surface area contributed by atoms with Crippen LogP contribution >= 0.6 is 22.6 Å². The van der Waals surface area contributed by atoms with Gasteiger partial charge in [-0.3, -0.25) is 9.59 Å². The lowest BCUT2D eigenvalue weighted by molar-refractivity contribution is -0.129. The predicted octanol–water partition coefficient (Wildman–Crippen LogP) is 1.98. The first kappa shape index (κ1) is 16.6. The number of rotatable bonds is 3. The predicted molar refractivity (Wildman–Crippen MR) is 98.3 cm³/mol. The molecule has 0 spiro atoms. The molecule has 3 rings (SSSR count). The lowest BCUT2D eigenvalue weighted by Crippen LogP contribution is -2.28. The van der Waals surface area contributed by atoms with Gasteiger partial charge in [-0.05, 0) is 58.8 Å². The summed E-state index contributed by atoms with van der Waals surface area (Å²) in [6.07, 6.45) is -1.38. The lowest BCUT2D eigenvalue weighted by atomic mass is 10.1. The topological polar surface area (TPSA) is 90.8 Å². The Balaban J connectivity index is 1.78. The molecule has 24 heavy (non-hydrogen) atoms. The molecule has 1 unspecified atom stereocenters. The molecule has 2 aromatic rings. The van der Waals surface area contributed by atoms with E-state index in [2.05, 4.69) is 45.4 Å². The molecule has 7 heteroatoms. The maximum Gasteiger partial charge on any atom is 0.276 e. The number of fused-ring (bicyclic) bond motifs is 1. The standard InChI is InChI=1S/C17H13IN3O3/c1-9-2-4-10(5-3-9)15(22)17(24)21-20-14-12-8-11(18)6-7-13(12)19-16(14)23/h2-8,15,22H,1H2,(H,21,24)(H,19,20,23). The molecule has 121 valence electrons. The summed E-state index contributed by atoms with van der Waals surface area (Å²) in [5.74, 6) is -1.12. The second kappa shape index (κ2) is 6.70. The molecule has 1 aliphatic rings. The summed E-state index contributed by atoms with van der Waals surface area (Å²) in [6, 6.07) is 12.0. The van der Waals surface area contributed by atoms with Gasteiger partial charge in [0.05, 0.1) is 5.69 Å². The Hall–Kier alpha value is -2.26. The molecule has 0 fully saturated rings. The van der Waals surface area contributed by atoms with Gasteiger partial charge in [-0.1, -0.05) is 24.3 Å². The van der Waals surface area contributed by atoms with E-state index in [0.29, 0.717) is 16.8 Å². The van der Waals surface area contributed by atoms with E-state index in [1.807, 2.05) is 6.07 Å². The van der Waals surface area contributed by atoms with Crippen LogP contribution in [0, 0.1) is 10.5 Å². The van der Waals surface area contributed by atoms with Gasteiger partial charge in [-0.15, -0.1) is 0 Å². The van der Waals surface area contributed by atoms with Crippen LogP contribution in [-0.4, -0.2) is 22.6 Å². The second-order valence-electron chi connectivity index (χ2n) is 5.22. The van der Waals surface area contributed by atoms with Crippen molar-refractivity contribution in [2.75, 3.05) is 5.32 Å². The molecule has 0 saturated heterocycles. The van der Waals surface area contributed by atoms with Gasteiger partial charge < -0.3 is 10.4 Å². The number of aliphatic hydroxyl groups is 1. The summed E-state index contributed by atoms with van der Waals surface area (Å²) >= 11 is 2.13. The molecule has 0 saturated carbocycles. The Bertz CT molecular complexity index is 847. The van der Waals surface area contributed by atoms with E-state index in [-0.39, 0.29) is 5.71 Å². The quantitative estimate of drug-likeness (QED) is 0.510. The Morgan fingerprint density at radius 2 is 1.96 bits per heavy atom. The van der Waals surface area contributed by atoms with Gasteiger partial charge >= 0.3 is 0 Å². The summed E-state index contributed by atoms with van der Waals surface area (Å²) < 4.78 is 0.940. The van der Waals surface area contributed by atoms with Crippen molar-refractivity contribution in [3.8, 4) is 0 Å². The minimum Gasteiger partial charge on any atom is -0.378 e. The van der Waals surface area contributed by atoms with E-state index in [9.17, 15) is 14.7 Å². The number of amides is 2. The average Bonchev–Trinajstić information content (AvgIpc) is 2.87. The van der Waals surface area contributed by atoms with Gasteiger partial charge in [0.2, 0.25) is 0 Å². The van der Waals surface area contributed by atoms with Crippen molar-refractivity contribution in [1.82, 2.24) is 5.43 Å². The van der Waals surface area contributed by atoms with Crippen LogP contribution < -0.4 is 10.7 Å². The summed E-state index contributed by atoms with van der Waals surface area (Å²) in [7, 11) is 0. The molecular weight excluding hydrogens is 421 g/mol. The molecule has 1 aliphatic heterocycles. The van der Waals surface area contributed by atoms with Gasteiger partial charge in [-0.25, -0.2) is 5.43 Å². The monoisotopic (exact) mass is 434 g/mol. The van der Waals surface area contributed by atoms with Crippen molar-refractivity contribution in [2.45, 2.75) is 6.10 Å². The minimum absolute atomic E-state index is 0.108. The maximum atomic E-state index is 12.1. The zero-order chi connectivity index (χ0) is 17.3. The van der Waals surface area contributed by atoms with E-state index in [1.165, 1.54) is 0 Å². The van der Waals surface area contributed by atoms with Crippen LogP contribution in [0.5, 0.6) is 0 Å². The third-order valence-corrected chi connectivity index (χ3v) is 4.19. The molecule has 1 heterocycles. The number of nitrogens with one attached hydrogen (secondary N) is 2. The van der Waals surface area contributed by atoms with Crippen LogP contribution in [0.25, 0.3) is 0 Å². The molecule has 0 aliphatic carbocycles. The maximum absolute atomic E-state index is 12.1. The molecule has 0 bridgehead atoms. The molecule has 2 aromatic carbocycles. The first-order chi connectivity index (χ1) is 11.5. The number of hydrogen-bond acceptors (Lipinski definition) is 4. The lowest BCUT2D eigenvalue weighted by Gasteiger charge is -2.09. The number of anilines is 1. The number of nitrogens with zero attached hydrogens (tertiary/aromatic N) is 1. The average molecular weight is 434 g/mol. The molecule has 1 radical (unpaired) electrons. The Morgan fingerprint density at radius 1 is 1.25 bits per heavy atom. The molecule has 0 aromatic heterocycles. The number of hydrazone groups is 1. The molecule has 3 N–H and O–H groups in total. The normalized spacial score (nSPS) is 15.8. The van der Waals surface area contributed by atoms with Crippen molar-refractivity contribution in [1.29, 1.82) is 0 Å². The van der Waals surface area contributed by atoms with Crippen molar-refractivity contribution >= 4 is 45.8 Å². The summed E-state index contributed by atoms with van der Waals surface area (Å²) in [5, 5.41) is 16.6. The molecule has 2 amide bonds. The van der Waals surface area contributed by atoms with Gasteiger partial charge in [0.25, 0.3) is 11.8 Å². The van der Waals surface area contributed by atoms with E-state index in [4.69, 9.17) is 0 Å². The Morgan fingerprint density at radius 3 is 2.67 bits per heavy atom. The number of carbonyl (C=O) groups excluding carboxylic acids is 2. The first-order valence-corrected chi connectivity index (χ1v) is 8.12. The van der Waals surface area contributed by atoms with Crippen LogP contribution in [0.1, 0.15) is 22.8 Å². The zero-order valence-electron chi connectivity index (χ0n) is 12.4. The minimum atomic E-state index is -1.38. The van der Waals surface area contributed by atoms with Gasteiger partial charge in [0, 0.05) is 9.13 Å². The Labute approximate surface area is 152 Å². The van der Waals surface area contributed by atoms with Gasteiger partial charge in [0.1, 0.15) is 0 Å². The smallest absolute Gasteiger partial charge is 0.276 e. The fourth-order valence-electron chi connectivity index (χ4n) is 2.26. The van der Waals surface area contributed by atoms with Crippen LogP contribution in [0.3, 0.4) is 0 Å². The van der Waals surface area contributed by atoms with Crippen LogP contribution in [0.2, 0.25) is 0 Å². The summed E-state index contributed by atoms with van der Waals surface area (Å²) in [6.45, 7) is 3.74. The van der Waals surface area contributed by atoms with Crippen LogP contribution in [0.15, 0.2) is 47.6 Å². The van der Waals surface area contributed by atoms with E-state index in [1.54, 1.807) is 36.4 Å². The summed E-state index contributed by atoms with van der Waals surface area (Å²) in [5.41, 5.74) is 4.81. The van der Waals surface area contributed by atoms with Gasteiger partial charge in [0.15, 0.2) is 11.8 Å². The largest absolute Gasteiger partial charge is 0.378 e. The highest BCUT2D eigenvalue weighted by Gasteiger charge is 2.27. The van der Waals surface area contributed by atoms with E-state index >= 15 is 0 Å². The number of benzene rings is 2. The third kappa shape index (κ3) is 3.31. The van der Waals surface area contributed by atoms with Crippen molar-refractivity contribution in [3.05, 3.63) is 69.6 Å². The second-order valence-corrected chi connectivity index (χ2v) is 6.47. The highest BCUT2D eigenvalue weighted by molar-refractivity contribution is 14.1. The highest BCUT2D eigenvalue weighted by atomic mass is 127. The SMILES string of the molecule is [CH2]c1ccc(C(O)C(=O)NN=C2C(=O)Nc3ccc(I)cc32)cc1. The first-order valence-electron chi connectivity index (χ1n) is 7.04. The number of carbonyl (C=O) groups is 2. The molecular formula is C17H13IN3O3. The molecule has 6 nitrogen and oxygen atoms in total. The van der Waals surface area contributed by atoms with Crippen LogP contribution in [-0.2, 0) is 9.59 Å². The van der Waals surface area contributed by atoms with E-state index in [0.717, 1.165) is 9.13 Å². The number of hydrogen-bond donors (Lipinski definition) is 3. The fraction of sp³-hybridized carbons (Fsp3) is 0.0588. The third-order valence-electron chi connectivity index (χ3n) is 3.52. The highest BCUT2D eigenvalue weighted by Crippen LogP contribution is 2.25. The van der Waals surface area contributed by atoms with Crippen molar-refractivity contribution in [3.63, 3.8) is 0 Å². The van der Waals surface area contributed by atoms with E-state index < -0.39 is 17.9 Å². The summed E-state index contributed by atoms with van der Waals surface area (Å²) in [4.78, 5) is 24.0. The number of aliphatic hydroxyl groups excluding tert-OH is 1. The van der Waals surface area contributed by atoms with Crippen LogP contribution in [0.4, 0.5) is 5.69 Å². The number of halogens is 1.